The van der Waals surface area contributed by atoms with Gasteiger partial charge in [0.2, 0.25) is 5.91 Å². The van der Waals surface area contributed by atoms with Crippen molar-refractivity contribution in [2.45, 2.75) is 19.4 Å². The average molecular weight is 316 g/mol. The van der Waals surface area contributed by atoms with Crippen LogP contribution in [0.2, 0.25) is 0 Å². The molecule has 24 heavy (non-hydrogen) atoms. The monoisotopic (exact) mass is 316 g/mol. The fraction of sp³-hybridized carbons (Fsp3) is 0.143. The highest BCUT2D eigenvalue weighted by molar-refractivity contribution is 5.94. The molecule has 0 radical (unpaired) electrons. The Bertz CT molecular complexity index is 773. The molecule has 3 nitrogen and oxygen atoms in total. The number of carbonyl (C=O) groups excluding carboxylic acids is 1. The van der Waals surface area contributed by atoms with Crippen molar-refractivity contribution < 1.29 is 4.79 Å². The number of pyridine rings is 1. The molecule has 0 aliphatic rings. The van der Waals surface area contributed by atoms with Crippen LogP contribution in [-0.4, -0.2) is 10.9 Å². The number of amides is 1. The van der Waals surface area contributed by atoms with E-state index in [0.717, 1.165) is 11.1 Å². The maximum atomic E-state index is 13.0. The molecule has 0 bridgehead atoms. The van der Waals surface area contributed by atoms with Crippen LogP contribution in [0.4, 0.5) is 5.82 Å². The third-order valence-corrected chi connectivity index (χ3v) is 4.03. The van der Waals surface area contributed by atoms with Crippen LogP contribution >= 0.6 is 0 Å². The Morgan fingerprint density at radius 2 is 1.54 bits per heavy atom. The second-order valence-corrected chi connectivity index (χ2v) is 5.70. The summed E-state index contributed by atoms with van der Waals surface area (Å²) in [7, 11) is 0. The molecule has 120 valence electrons. The number of rotatable bonds is 5. The van der Waals surface area contributed by atoms with Gasteiger partial charge in [-0.1, -0.05) is 66.7 Å². The SMILES string of the molecule is CC(c1ccccc1)N(C(=O)Cc1ccccc1)c1ccccn1. The first-order valence-electron chi connectivity index (χ1n) is 8.07. The lowest BCUT2D eigenvalue weighted by Gasteiger charge is -2.29. The van der Waals surface area contributed by atoms with E-state index >= 15 is 0 Å². The maximum Gasteiger partial charge on any atom is 0.233 e. The first kappa shape index (κ1) is 15.9. The number of aromatic nitrogens is 1. The normalized spacial score (nSPS) is 11.7. The van der Waals surface area contributed by atoms with Crippen molar-refractivity contribution in [3.05, 3.63) is 96.2 Å². The van der Waals surface area contributed by atoms with Crippen LogP contribution in [0.5, 0.6) is 0 Å². The van der Waals surface area contributed by atoms with Gasteiger partial charge in [0.05, 0.1) is 12.5 Å². The van der Waals surface area contributed by atoms with Crippen LogP contribution in [0.25, 0.3) is 0 Å². The Balaban J connectivity index is 1.92. The van der Waals surface area contributed by atoms with Crippen LogP contribution in [0, 0.1) is 0 Å². The Labute approximate surface area is 142 Å². The first-order valence-corrected chi connectivity index (χ1v) is 8.07. The number of hydrogen-bond donors (Lipinski definition) is 0. The van der Waals surface area contributed by atoms with Crippen molar-refractivity contribution >= 4 is 11.7 Å². The Hall–Kier alpha value is -2.94. The summed E-state index contributed by atoms with van der Waals surface area (Å²) in [5.41, 5.74) is 2.09. The molecular weight excluding hydrogens is 296 g/mol. The van der Waals surface area contributed by atoms with E-state index in [1.54, 1.807) is 11.1 Å². The van der Waals surface area contributed by atoms with Crippen molar-refractivity contribution in [3.63, 3.8) is 0 Å². The quantitative estimate of drug-likeness (QED) is 0.698. The van der Waals surface area contributed by atoms with Crippen LogP contribution in [0.15, 0.2) is 85.1 Å². The number of benzene rings is 2. The van der Waals surface area contributed by atoms with E-state index in [9.17, 15) is 4.79 Å². The minimum absolute atomic E-state index is 0.0382. The van der Waals surface area contributed by atoms with E-state index in [-0.39, 0.29) is 11.9 Å². The van der Waals surface area contributed by atoms with Gasteiger partial charge in [-0.2, -0.15) is 0 Å². The molecule has 0 aliphatic heterocycles. The summed E-state index contributed by atoms with van der Waals surface area (Å²) < 4.78 is 0. The molecule has 3 rings (SSSR count). The highest BCUT2D eigenvalue weighted by Gasteiger charge is 2.24. The number of anilines is 1. The second-order valence-electron chi connectivity index (χ2n) is 5.70. The van der Waals surface area contributed by atoms with Gasteiger partial charge in [0.25, 0.3) is 0 Å². The first-order chi connectivity index (χ1) is 11.8. The second kappa shape index (κ2) is 7.55. The molecule has 0 aliphatic carbocycles. The molecular formula is C21H20N2O. The lowest BCUT2D eigenvalue weighted by molar-refractivity contribution is -0.118. The number of nitrogens with zero attached hydrogens (tertiary/aromatic N) is 2. The molecule has 0 saturated carbocycles. The molecule has 1 heterocycles. The fourth-order valence-electron chi connectivity index (χ4n) is 2.77. The molecule has 1 unspecified atom stereocenters. The van der Waals surface area contributed by atoms with Gasteiger partial charge in [0.1, 0.15) is 5.82 Å². The Morgan fingerprint density at radius 3 is 2.17 bits per heavy atom. The molecule has 0 fully saturated rings. The van der Waals surface area contributed by atoms with Gasteiger partial charge in [-0.25, -0.2) is 4.98 Å². The molecule has 1 aromatic heterocycles. The lowest BCUT2D eigenvalue weighted by Crippen LogP contribution is -2.35. The summed E-state index contributed by atoms with van der Waals surface area (Å²) in [4.78, 5) is 19.2. The van der Waals surface area contributed by atoms with Crippen LogP contribution in [-0.2, 0) is 11.2 Å². The van der Waals surface area contributed by atoms with Gasteiger partial charge in [0.15, 0.2) is 0 Å². The Kier molecular flexibility index (Phi) is 5.02. The van der Waals surface area contributed by atoms with Gasteiger partial charge < -0.3 is 0 Å². The Morgan fingerprint density at radius 1 is 0.917 bits per heavy atom. The average Bonchev–Trinajstić information content (AvgIpc) is 2.64. The van der Waals surface area contributed by atoms with E-state index in [1.807, 2.05) is 85.8 Å². The van der Waals surface area contributed by atoms with E-state index < -0.39 is 0 Å². The van der Waals surface area contributed by atoms with E-state index in [2.05, 4.69) is 4.98 Å². The summed E-state index contributed by atoms with van der Waals surface area (Å²) in [6.45, 7) is 2.03. The lowest BCUT2D eigenvalue weighted by atomic mass is 10.1. The minimum Gasteiger partial charge on any atom is -0.289 e. The van der Waals surface area contributed by atoms with Gasteiger partial charge in [0, 0.05) is 6.20 Å². The third-order valence-electron chi connectivity index (χ3n) is 4.03. The summed E-state index contributed by atoms with van der Waals surface area (Å²) in [5.74, 6) is 0.714. The van der Waals surface area contributed by atoms with Crippen molar-refractivity contribution in [2.75, 3.05) is 4.90 Å². The molecule has 1 amide bonds. The predicted octanol–water partition coefficient (Wildman–Crippen LogP) is 4.42. The van der Waals surface area contributed by atoms with E-state index in [0.29, 0.717) is 12.2 Å². The fourth-order valence-corrected chi connectivity index (χ4v) is 2.77. The third kappa shape index (κ3) is 3.69. The van der Waals surface area contributed by atoms with Crippen molar-refractivity contribution in [2.24, 2.45) is 0 Å². The number of hydrogen-bond acceptors (Lipinski definition) is 2. The molecule has 2 aromatic carbocycles. The molecule has 0 N–H and O–H groups in total. The zero-order valence-corrected chi connectivity index (χ0v) is 13.7. The number of carbonyl (C=O) groups is 1. The van der Waals surface area contributed by atoms with E-state index in [1.165, 1.54) is 0 Å². The van der Waals surface area contributed by atoms with Crippen molar-refractivity contribution in [3.8, 4) is 0 Å². The summed E-state index contributed by atoms with van der Waals surface area (Å²) >= 11 is 0. The van der Waals surface area contributed by atoms with Crippen LogP contribution < -0.4 is 4.90 Å². The summed E-state index contributed by atoms with van der Waals surface area (Å²) in [6, 6.07) is 25.4. The standard InChI is InChI=1S/C21H20N2O/c1-17(19-12-6-3-7-13-19)23(20-14-8-9-15-22-20)21(24)16-18-10-4-2-5-11-18/h2-15,17H,16H2,1H3. The molecule has 1 atom stereocenters. The maximum absolute atomic E-state index is 13.0. The molecule has 3 heteroatoms. The molecule has 0 saturated heterocycles. The van der Waals surface area contributed by atoms with Crippen LogP contribution in [0.3, 0.4) is 0 Å². The van der Waals surface area contributed by atoms with Gasteiger partial charge in [-0.3, -0.25) is 9.69 Å². The van der Waals surface area contributed by atoms with Crippen molar-refractivity contribution in [1.29, 1.82) is 0 Å². The highest BCUT2D eigenvalue weighted by atomic mass is 16.2. The zero-order chi connectivity index (χ0) is 16.8. The predicted molar refractivity (Wildman–Crippen MR) is 96.7 cm³/mol. The van der Waals surface area contributed by atoms with Crippen LogP contribution in [0.1, 0.15) is 24.1 Å². The summed E-state index contributed by atoms with van der Waals surface area (Å²) in [6.07, 6.45) is 2.07. The van der Waals surface area contributed by atoms with Crippen molar-refractivity contribution in [1.82, 2.24) is 4.98 Å². The largest absolute Gasteiger partial charge is 0.289 e. The highest BCUT2D eigenvalue weighted by Crippen LogP contribution is 2.26. The molecule has 3 aromatic rings. The van der Waals surface area contributed by atoms with Gasteiger partial charge in [-0.15, -0.1) is 0 Å². The topological polar surface area (TPSA) is 33.2 Å². The van der Waals surface area contributed by atoms with Gasteiger partial charge >= 0.3 is 0 Å². The summed E-state index contributed by atoms with van der Waals surface area (Å²) in [5, 5.41) is 0. The smallest absolute Gasteiger partial charge is 0.233 e. The van der Waals surface area contributed by atoms with E-state index in [4.69, 9.17) is 0 Å². The van der Waals surface area contributed by atoms with Gasteiger partial charge in [-0.05, 0) is 30.2 Å². The molecule has 0 spiro atoms. The zero-order valence-electron chi connectivity index (χ0n) is 13.7. The minimum atomic E-state index is -0.0858.